The molecule has 0 aromatic heterocycles. The van der Waals surface area contributed by atoms with Gasteiger partial charge in [0.1, 0.15) is 19.3 Å². The standard InChI is InChI=1S/C67H130O17P2/c1-8-9-10-11-12-13-14-15-16-17-18-19-20-21-26-36-43-50-66(71)83-62(54-77-64(69)48-41-34-25-23-22-24-31-38-45-58(2)3)56-81-85(73,74)79-52-61(68)53-80-86(75,76)82-57-63(84-67(72)51-44-37-30-28-33-40-47-60(6)7)55-78-65(70)49-42-35-29-27-32-39-46-59(4)5/h58-63,68H,8-57H2,1-7H3,(H,73,74)(H,75,76)/t61-,62-,63-/m1/s1. The Balaban J connectivity index is 5.21. The number of phosphoric acid groups is 2. The monoisotopic (exact) mass is 1270 g/mol. The zero-order valence-electron chi connectivity index (χ0n) is 55.8. The zero-order valence-corrected chi connectivity index (χ0v) is 57.6. The molecule has 0 aliphatic rings. The van der Waals surface area contributed by atoms with Gasteiger partial charge in [-0.1, -0.05) is 280 Å². The predicted molar refractivity (Wildman–Crippen MR) is 344 cm³/mol. The van der Waals surface area contributed by atoms with Crippen LogP contribution in [0, 0.1) is 17.8 Å². The van der Waals surface area contributed by atoms with Crippen LogP contribution in [0.4, 0.5) is 0 Å². The average Bonchev–Trinajstić information content (AvgIpc) is 3.68. The smallest absolute Gasteiger partial charge is 0.462 e. The molecule has 0 rings (SSSR count). The SMILES string of the molecule is CCCCCCCCCCCCCCCCCCCC(=O)O[C@H](COC(=O)CCCCCCCCCCC(C)C)COP(=O)(O)OC[C@@H](O)COP(=O)(O)OC[C@@H](COC(=O)CCCCCCCCC(C)C)OC(=O)CCCCCCCCC(C)C. The van der Waals surface area contributed by atoms with E-state index < -0.39 is 97.5 Å². The van der Waals surface area contributed by atoms with Crippen LogP contribution < -0.4 is 0 Å². The maximum absolute atomic E-state index is 13.0. The van der Waals surface area contributed by atoms with Gasteiger partial charge in [-0.2, -0.15) is 0 Å². The summed E-state index contributed by atoms with van der Waals surface area (Å²) in [5.41, 5.74) is 0. The molecular weight excluding hydrogens is 1140 g/mol. The van der Waals surface area contributed by atoms with Crippen molar-refractivity contribution < 1.29 is 80.2 Å². The van der Waals surface area contributed by atoms with Crippen LogP contribution in [0.3, 0.4) is 0 Å². The Morgan fingerprint density at radius 1 is 0.314 bits per heavy atom. The molecule has 0 aliphatic carbocycles. The van der Waals surface area contributed by atoms with E-state index in [9.17, 15) is 43.2 Å². The Bertz CT molecular complexity index is 1700. The van der Waals surface area contributed by atoms with Gasteiger partial charge in [0.2, 0.25) is 0 Å². The number of carbonyl (C=O) groups is 4. The first-order chi connectivity index (χ1) is 41.2. The summed E-state index contributed by atoms with van der Waals surface area (Å²) in [7, 11) is -9.89. The molecular formula is C67H130O17P2. The Morgan fingerprint density at radius 2 is 0.535 bits per heavy atom. The van der Waals surface area contributed by atoms with Gasteiger partial charge in [0, 0.05) is 25.7 Å². The van der Waals surface area contributed by atoms with E-state index in [4.69, 9.17) is 37.0 Å². The molecule has 0 spiro atoms. The van der Waals surface area contributed by atoms with Crippen LogP contribution in [-0.2, 0) is 65.4 Å². The van der Waals surface area contributed by atoms with Gasteiger partial charge in [-0.3, -0.25) is 37.3 Å². The lowest BCUT2D eigenvalue weighted by Gasteiger charge is -2.21. The number of aliphatic hydroxyl groups is 1. The summed E-state index contributed by atoms with van der Waals surface area (Å²) >= 11 is 0. The topological polar surface area (TPSA) is 237 Å². The van der Waals surface area contributed by atoms with Crippen molar-refractivity contribution >= 4 is 39.5 Å². The number of rotatable bonds is 65. The van der Waals surface area contributed by atoms with Crippen molar-refractivity contribution in [3.8, 4) is 0 Å². The molecule has 0 radical (unpaired) electrons. The molecule has 0 aromatic rings. The van der Waals surface area contributed by atoms with Gasteiger partial charge in [-0.15, -0.1) is 0 Å². The van der Waals surface area contributed by atoms with Crippen LogP contribution in [-0.4, -0.2) is 96.7 Å². The summed E-state index contributed by atoms with van der Waals surface area (Å²) < 4.78 is 68.1. The third kappa shape index (κ3) is 60.9. The highest BCUT2D eigenvalue weighted by Gasteiger charge is 2.30. The summed E-state index contributed by atoms with van der Waals surface area (Å²) in [4.78, 5) is 72.3. The second-order valence-corrected chi connectivity index (χ2v) is 28.5. The molecule has 0 aromatic carbocycles. The lowest BCUT2D eigenvalue weighted by Crippen LogP contribution is -2.30. The molecule has 17 nitrogen and oxygen atoms in total. The van der Waals surface area contributed by atoms with E-state index in [1.165, 1.54) is 135 Å². The van der Waals surface area contributed by atoms with E-state index in [1.807, 2.05) is 0 Å². The maximum atomic E-state index is 13.0. The molecule has 19 heteroatoms. The van der Waals surface area contributed by atoms with Gasteiger partial charge in [0.15, 0.2) is 12.2 Å². The first-order valence-corrected chi connectivity index (χ1v) is 37.8. The summed E-state index contributed by atoms with van der Waals surface area (Å²) in [5, 5.41) is 10.5. The second-order valence-electron chi connectivity index (χ2n) is 25.6. The van der Waals surface area contributed by atoms with Crippen LogP contribution in [0.5, 0.6) is 0 Å². The average molecular weight is 1270 g/mol. The minimum atomic E-state index is -4.95. The molecule has 2 unspecified atom stereocenters. The Labute approximate surface area is 524 Å². The molecule has 0 heterocycles. The number of carbonyl (C=O) groups excluding carboxylic acids is 4. The van der Waals surface area contributed by atoms with Crippen molar-refractivity contribution in [1.82, 2.24) is 0 Å². The third-order valence-electron chi connectivity index (χ3n) is 15.4. The van der Waals surface area contributed by atoms with Crippen molar-refractivity contribution in [2.45, 2.75) is 349 Å². The van der Waals surface area contributed by atoms with E-state index in [0.29, 0.717) is 37.5 Å². The van der Waals surface area contributed by atoms with Crippen LogP contribution >= 0.6 is 15.6 Å². The lowest BCUT2D eigenvalue weighted by molar-refractivity contribution is -0.161. The number of hydrogen-bond acceptors (Lipinski definition) is 15. The van der Waals surface area contributed by atoms with E-state index >= 15 is 0 Å². The van der Waals surface area contributed by atoms with Gasteiger partial charge in [0.25, 0.3) is 0 Å². The molecule has 0 saturated carbocycles. The maximum Gasteiger partial charge on any atom is 0.472 e. The summed E-state index contributed by atoms with van der Waals surface area (Å²) in [5.74, 6) is -0.0625. The highest BCUT2D eigenvalue weighted by Crippen LogP contribution is 2.45. The van der Waals surface area contributed by atoms with E-state index in [0.717, 1.165) is 102 Å². The van der Waals surface area contributed by atoms with E-state index in [2.05, 4.69) is 48.5 Å². The molecule has 3 N–H and O–H groups in total. The fourth-order valence-corrected chi connectivity index (χ4v) is 11.6. The van der Waals surface area contributed by atoms with Crippen LogP contribution in [0.1, 0.15) is 331 Å². The summed E-state index contributed by atoms with van der Waals surface area (Å²) in [6.07, 6.45) is 40.7. The van der Waals surface area contributed by atoms with Crippen LogP contribution in [0.15, 0.2) is 0 Å². The van der Waals surface area contributed by atoms with Gasteiger partial charge in [-0.05, 0) is 43.4 Å². The lowest BCUT2D eigenvalue weighted by atomic mass is 10.0. The van der Waals surface area contributed by atoms with E-state index in [1.54, 1.807) is 0 Å². The molecule has 0 bridgehead atoms. The minimum Gasteiger partial charge on any atom is -0.462 e. The molecule has 0 aliphatic heterocycles. The first kappa shape index (κ1) is 84.1. The number of esters is 4. The van der Waals surface area contributed by atoms with Crippen molar-refractivity contribution in [1.29, 1.82) is 0 Å². The molecule has 5 atom stereocenters. The normalized spacial score (nSPS) is 14.3. The Hall–Kier alpha value is -1.94. The van der Waals surface area contributed by atoms with Crippen molar-refractivity contribution in [2.24, 2.45) is 17.8 Å². The molecule has 0 saturated heterocycles. The minimum absolute atomic E-state index is 0.101. The Morgan fingerprint density at radius 3 is 0.791 bits per heavy atom. The van der Waals surface area contributed by atoms with Gasteiger partial charge in [0.05, 0.1) is 26.4 Å². The Kier molecular flexibility index (Phi) is 56.9. The summed E-state index contributed by atoms with van der Waals surface area (Å²) in [6.45, 7) is 11.6. The van der Waals surface area contributed by atoms with Crippen molar-refractivity contribution in [3.05, 3.63) is 0 Å². The summed E-state index contributed by atoms with van der Waals surface area (Å²) in [6, 6.07) is 0. The first-order valence-electron chi connectivity index (χ1n) is 34.8. The molecule has 0 amide bonds. The number of aliphatic hydroxyl groups excluding tert-OH is 1. The quantitative estimate of drug-likeness (QED) is 0.0222. The number of ether oxygens (including phenoxy) is 4. The zero-order chi connectivity index (χ0) is 63.8. The molecule has 86 heavy (non-hydrogen) atoms. The number of unbranched alkanes of at least 4 members (excludes halogenated alkanes) is 33. The van der Waals surface area contributed by atoms with Gasteiger partial charge >= 0.3 is 39.5 Å². The van der Waals surface area contributed by atoms with Crippen molar-refractivity contribution in [2.75, 3.05) is 39.6 Å². The third-order valence-corrected chi connectivity index (χ3v) is 17.3. The fraction of sp³-hybridized carbons (Fsp3) is 0.940. The van der Waals surface area contributed by atoms with E-state index in [-0.39, 0.29) is 25.7 Å². The fourth-order valence-electron chi connectivity index (χ4n) is 10.0. The highest BCUT2D eigenvalue weighted by atomic mass is 31.2. The highest BCUT2D eigenvalue weighted by molar-refractivity contribution is 7.47. The predicted octanol–water partition coefficient (Wildman–Crippen LogP) is 18.7. The van der Waals surface area contributed by atoms with Gasteiger partial charge < -0.3 is 33.8 Å². The van der Waals surface area contributed by atoms with Crippen LogP contribution in [0.25, 0.3) is 0 Å². The number of phosphoric ester groups is 2. The van der Waals surface area contributed by atoms with Crippen molar-refractivity contribution in [3.63, 3.8) is 0 Å². The number of hydrogen-bond donors (Lipinski definition) is 3. The molecule has 0 fully saturated rings. The largest absolute Gasteiger partial charge is 0.472 e. The van der Waals surface area contributed by atoms with Crippen LogP contribution in [0.2, 0.25) is 0 Å². The molecule has 510 valence electrons. The second kappa shape index (κ2) is 58.2. The van der Waals surface area contributed by atoms with Gasteiger partial charge in [-0.25, -0.2) is 9.13 Å².